The van der Waals surface area contributed by atoms with Crippen LogP contribution in [0.4, 0.5) is 0 Å². The topological polar surface area (TPSA) is 15.7 Å². The Morgan fingerprint density at radius 3 is 1.55 bits per heavy atom. The first-order chi connectivity index (χ1) is 9.41. The molecule has 0 aromatic rings. The summed E-state index contributed by atoms with van der Waals surface area (Å²) in [6, 6.07) is 0.775. The van der Waals surface area contributed by atoms with Crippen LogP contribution in [0.2, 0.25) is 0 Å². The van der Waals surface area contributed by atoms with Crippen molar-refractivity contribution in [3.63, 3.8) is 0 Å². The van der Waals surface area contributed by atoms with Crippen LogP contribution in [-0.4, -0.2) is 60.8 Å². The van der Waals surface area contributed by atoms with Crippen molar-refractivity contribution in [2.75, 3.05) is 39.4 Å². The third kappa shape index (κ3) is 8.23. The lowest BCUT2D eigenvalue weighted by atomic mass is 10.1. The molecule has 20 heavy (non-hydrogen) atoms. The minimum Gasteiger partial charge on any atom is -0.379 e. The van der Waals surface area contributed by atoms with Crippen LogP contribution >= 0.6 is 0 Å². The van der Waals surface area contributed by atoms with Crippen LogP contribution in [0.3, 0.4) is 0 Å². The zero-order chi connectivity index (χ0) is 15.6. The molecule has 0 radical (unpaired) electrons. The van der Waals surface area contributed by atoms with E-state index in [2.05, 4.69) is 44.4 Å². The average Bonchev–Trinajstić information content (AvgIpc) is 2.96. The van der Waals surface area contributed by atoms with Gasteiger partial charge in [0.25, 0.3) is 0 Å². The van der Waals surface area contributed by atoms with Crippen molar-refractivity contribution >= 4 is 0 Å². The number of nitrogens with zero attached hydrogens (tertiary/aromatic N) is 2. The second kappa shape index (κ2) is 10.6. The smallest absolute Gasteiger partial charge is 0.0594 e. The molecule has 0 aliphatic carbocycles. The summed E-state index contributed by atoms with van der Waals surface area (Å²) in [6.07, 6.45) is 2.83. The van der Waals surface area contributed by atoms with Crippen molar-refractivity contribution in [3.8, 4) is 0 Å². The van der Waals surface area contributed by atoms with Crippen molar-refractivity contribution in [1.82, 2.24) is 9.80 Å². The summed E-state index contributed by atoms with van der Waals surface area (Å²) in [5.74, 6) is 0. The highest BCUT2D eigenvalue weighted by molar-refractivity contribution is 4.77. The first-order valence-electron chi connectivity index (χ1n) is 8.48. The Bertz CT molecular complexity index is 212. The molecule has 2 fully saturated rings. The van der Waals surface area contributed by atoms with E-state index in [1.165, 1.54) is 25.9 Å². The highest BCUT2D eigenvalue weighted by Crippen LogP contribution is 2.14. The van der Waals surface area contributed by atoms with E-state index >= 15 is 0 Å². The van der Waals surface area contributed by atoms with Gasteiger partial charge in [-0.05, 0) is 60.5 Å². The highest BCUT2D eigenvalue weighted by Gasteiger charge is 2.22. The van der Waals surface area contributed by atoms with E-state index in [1.54, 1.807) is 0 Å². The Kier molecular flexibility index (Phi) is 10.5. The largest absolute Gasteiger partial charge is 0.379 e. The molecular formula is C17H38N2O. The summed E-state index contributed by atoms with van der Waals surface area (Å²) in [7, 11) is 0. The molecule has 2 aliphatic heterocycles. The van der Waals surface area contributed by atoms with Gasteiger partial charge in [0.2, 0.25) is 0 Å². The fourth-order valence-electron chi connectivity index (χ4n) is 2.49. The number of likely N-dealkylation sites (tertiary alicyclic amines) is 1. The Balaban J connectivity index is 0.000000327. The predicted molar refractivity (Wildman–Crippen MR) is 89.4 cm³/mol. The van der Waals surface area contributed by atoms with Crippen LogP contribution in [0.15, 0.2) is 0 Å². The maximum absolute atomic E-state index is 5.25. The number of hydrogen-bond donors (Lipinski definition) is 0. The summed E-state index contributed by atoms with van der Waals surface area (Å²) in [5, 5.41) is 0. The van der Waals surface area contributed by atoms with Crippen molar-refractivity contribution in [2.24, 2.45) is 0 Å². The normalized spacial score (nSPS) is 21.0. The molecule has 2 aliphatic rings. The molecule has 0 amide bonds. The molecule has 122 valence electrons. The number of ether oxygens (including phenoxy) is 1. The second-order valence-corrected chi connectivity index (χ2v) is 6.61. The zero-order valence-electron chi connectivity index (χ0n) is 15.0. The van der Waals surface area contributed by atoms with Gasteiger partial charge in [-0.2, -0.15) is 0 Å². The molecule has 2 rings (SSSR count). The van der Waals surface area contributed by atoms with Gasteiger partial charge in [0.05, 0.1) is 13.2 Å². The SMILES string of the molecule is CC.CC(C)(C)N1CCOCC1.CC(C)N1CCCC1. The van der Waals surface area contributed by atoms with Gasteiger partial charge in [-0.1, -0.05) is 13.8 Å². The quantitative estimate of drug-likeness (QED) is 0.732. The van der Waals surface area contributed by atoms with Gasteiger partial charge in [-0.3, -0.25) is 4.90 Å². The summed E-state index contributed by atoms with van der Waals surface area (Å²) in [5.41, 5.74) is 0.323. The first-order valence-corrected chi connectivity index (χ1v) is 8.48. The van der Waals surface area contributed by atoms with E-state index in [0.717, 1.165) is 32.3 Å². The molecule has 3 nitrogen and oxygen atoms in total. The van der Waals surface area contributed by atoms with E-state index in [1.807, 2.05) is 13.8 Å². The fourth-order valence-corrected chi connectivity index (χ4v) is 2.49. The van der Waals surface area contributed by atoms with Crippen molar-refractivity contribution in [3.05, 3.63) is 0 Å². The molecule has 0 aromatic heterocycles. The minimum atomic E-state index is 0.323. The third-order valence-electron chi connectivity index (χ3n) is 3.83. The molecule has 2 heterocycles. The van der Waals surface area contributed by atoms with Gasteiger partial charge < -0.3 is 9.64 Å². The Morgan fingerprint density at radius 1 is 0.850 bits per heavy atom. The van der Waals surface area contributed by atoms with E-state index in [4.69, 9.17) is 4.74 Å². The fraction of sp³-hybridized carbons (Fsp3) is 1.00. The summed E-state index contributed by atoms with van der Waals surface area (Å²) in [4.78, 5) is 4.98. The molecular weight excluding hydrogens is 248 g/mol. The maximum Gasteiger partial charge on any atom is 0.0594 e. The van der Waals surface area contributed by atoms with Crippen LogP contribution in [0.5, 0.6) is 0 Å². The lowest BCUT2D eigenvalue weighted by molar-refractivity contribution is -0.00389. The molecule has 0 atom stereocenters. The van der Waals surface area contributed by atoms with E-state index in [9.17, 15) is 0 Å². The molecule has 0 aromatic carbocycles. The van der Waals surface area contributed by atoms with Crippen LogP contribution in [0.1, 0.15) is 61.3 Å². The lowest BCUT2D eigenvalue weighted by Gasteiger charge is -2.38. The molecule has 0 saturated carbocycles. The summed E-state index contributed by atoms with van der Waals surface area (Å²) < 4.78 is 5.25. The van der Waals surface area contributed by atoms with E-state index in [-0.39, 0.29) is 0 Å². The van der Waals surface area contributed by atoms with Crippen molar-refractivity contribution < 1.29 is 4.74 Å². The first kappa shape index (κ1) is 19.9. The Labute approximate surface area is 127 Å². The summed E-state index contributed by atoms with van der Waals surface area (Å²) >= 11 is 0. The average molecular weight is 287 g/mol. The number of hydrogen-bond acceptors (Lipinski definition) is 3. The Morgan fingerprint density at radius 2 is 1.30 bits per heavy atom. The molecule has 0 spiro atoms. The van der Waals surface area contributed by atoms with Gasteiger partial charge in [0, 0.05) is 24.7 Å². The zero-order valence-corrected chi connectivity index (χ0v) is 15.0. The van der Waals surface area contributed by atoms with Gasteiger partial charge in [0.15, 0.2) is 0 Å². The standard InChI is InChI=1S/C8H17NO.C7H15N.C2H6/c1-8(2,3)9-4-6-10-7-5-9;1-7(2)8-5-3-4-6-8;1-2/h4-7H2,1-3H3;7H,3-6H2,1-2H3;1-2H3. The van der Waals surface area contributed by atoms with Gasteiger partial charge in [0.1, 0.15) is 0 Å². The van der Waals surface area contributed by atoms with Crippen molar-refractivity contribution in [1.29, 1.82) is 0 Å². The molecule has 0 N–H and O–H groups in total. The number of rotatable bonds is 1. The van der Waals surface area contributed by atoms with E-state index < -0.39 is 0 Å². The minimum absolute atomic E-state index is 0.323. The van der Waals surface area contributed by atoms with Gasteiger partial charge in [-0.15, -0.1) is 0 Å². The molecule has 0 bridgehead atoms. The Hall–Kier alpha value is -0.120. The van der Waals surface area contributed by atoms with Crippen LogP contribution < -0.4 is 0 Å². The molecule has 3 heteroatoms. The van der Waals surface area contributed by atoms with Gasteiger partial charge in [-0.25, -0.2) is 0 Å². The lowest BCUT2D eigenvalue weighted by Crippen LogP contribution is -2.47. The van der Waals surface area contributed by atoms with Crippen molar-refractivity contribution in [2.45, 2.75) is 72.9 Å². The monoisotopic (exact) mass is 286 g/mol. The third-order valence-corrected chi connectivity index (χ3v) is 3.83. The van der Waals surface area contributed by atoms with Crippen LogP contribution in [-0.2, 0) is 4.74 Å². The van der Waals surface area contributed by atoms with Gasteiger partial charge >= 0.3 is 0 Å². The maximum atomic E-state index is 5.25. The van der Waals surface area contributed by atoms with Crippen LogP contribution in [0.25, 0.3) is 0 Å². The molecule has 0 unspecified atom stereocenters. The summed E-state index contributed by atoms with van der Waals surface area (Å²) in [6.45, 7) is 21.9. The molecule has 2 saturated heterocycles. The highest BCUT2D eigenvalue weighted by atomic mass is 16.5. The van der Waals surface area contributed by atoms with Crippen LogP contribution in [0, 0.1) is 0 Å². The second-order valence-electron chi connectivity index (χ2n) is 6.61. The number of morpholine rings is 1. The predicted octanol–water partition coefficient (Wildman–Crippen LogP) is 3.63. The van der Waals surface area contributed by atoms with E-state index in [0.29, 0.717) is 5.54 Å².